The summed E-state index contributed by atoms with van der Waals surface area (Å²) in [5.41, 5.74) is 0. The van der Waals surface area contributed by atoms with Crippen LogP contribution in [0.15, 0.2) is 0 Å². The molecule has 0 aromatic carbocycles. The Morgan fingerprint density at radius 3 is 0.722 bits per heavy atom. The molecule has 0 aromatic rings. The monoisotopic (exact) mass is 282 g/mol. The van der Waals surface area contributed by atoms with Crippen LogP contribution in [0.5, 0.6) is 0 Å². The van der Waals surface area contributed by atoms with Crippen molar-refractivity contribution in [1.82, 2.24) is 0 Å². The van der Waals surface area contributed by atoms with Gasteiger partial charge in [0.1, 0.15) is 0 Å². The van der Waals surface area contributed by atoms with Crippen LogP contribution < -0.4 is 0 Å². The fraction of sp³-hybridized carbons (Fsp3) is 1.00. The zero-order valence-corrected chi connectivity index (χ0v) is 15.5. The van der Waals surface area contributed by atoms with Gasteiger partial charge >= 0.3 is 37.7 Å². The first-order valence-electron chi connectivity index (χ1n) is 8.41. The molecule has 0 radical (unpaired) electrons. The van der Waals surface area contributed by atoms with Gasteiger partial charge in [-0.25, -0.2) is 0 Å². The molecule has 0 rings (SSSR count). The third-order valence-corrected chi connectivity index (χ3v) is 3.71. The molecule has 0 aliphatic rings. The van der Waals surface area contributed by atoms with E-state index >= 15 is 0 Å². The topological polar surface area (TPSA) is 0 Å². The van der Waals surface area contributed by atoms with Crippen LogP contribution >= 0.6 is 0 Å². The van der Waals surface area contributed by atoms with Gasteiger partial charge in [-0.1, -0.05) is 110 Å². The van der Waals surface area contributed by atoms with Gasteiger partial charge in [0, 0.05) is 0 Å². The molecule has 0 heterocycles. The van der Waals surface area contributed by atoms with E-state index in [1.54, 1.807) is 0 Å². The molecule has 1 heteroatoms. The van der Waals surface area contributed by atoms with E-state index in [2.05, 4.69) is 13.8 Å². The fourth-order valence-corrected chi connectivity index (χ4v) is 2.44. The molecule has 108 valence electrons. The van der Waals surface area contributed by atoms with Gasteiger partial charge in [-0.3, -0.25) is 0 Å². The predicted octanol–water partition coefficient (Wildman–Crippen LogP) is 6.72. The molecule has 0 saturated heterocycles. The van der Waals surface area contributed by atoms with Crippen LogP contribution in [-0.2, 0) is 0 Å². The minimum absolute atomic E-state index is 0. The first-order valence-corrected chi connectivity index (χ1v) is 8.41. The maximum atomic E-state index is 2.29. The van der Waals surface area contributed by atoms with E-state index in [1.165, 1.54) is 96.3 Å². The van der Waals surface area contributed by atoms with Gasteiger partial charge < -0.3 is 2.85 Å². The molecule has 0 N–H and O–H groups in total. The van der Waals surface area contributed by atoms with Crippen LogP contribution in [0.3, 0.4) is 0 Å². The van der Waals surface area contributed by atoms with Gasteiger partial charge in [0.2, 0.25) is 0 Å². The standard InChI is InChI=1S/C17H36.Ca.2H/c1-3-5-7-9-11-13-15-17-16-14-12-10-8-6-4-2;;;/h3-17H2,1-2H3;;;/q;+2;2*-1. The summed E-state index contributed by atoms with van der Waals surface area (Å²) in [6, 6.07) is 0. The molecule has 0 spiro atoms. The first kappa shape index (κ1) is 21.6. The summed E-state index contributed by atoms with van der Waals surface area (Å²) in [4.78, 5) is 0. The third-order valence-electron chi connectivity index (χ3n) is 3.71. The summed E-state index contributed by atoms with van der Waals surface area (Å²) in [6.45, 7) is 4.58. The molecule has 0 bridgehead atoms. The second-order valence-corrected chi connectivity index (χ2v) is 5.60. The maximum Gasteiger partial charge on any atom is 2.00 e. The van der Waals surface area contributed by atoms with Crippen molar-refractivity contribution in [1.29, 1.82) is 0 Å². The van der Waals surface area contributed by atoms with Crippen molar-refractivity contribution >= 4 is 37.7 Å². The van der Waals surface area contributed by atoms with E-state index < -0.39 is 0 Å². The van der Waals surface area contributed by atoms with Crippen molar-refractivity contribution in [3.63, 3.8) is 0 Å². The Hall–Kier alpha value is 1.26. The minimum Gasteiger partial charge on any atom is -1.00 e. The summed E-state index contributed by atoms with van der Waals surface area (Å²) < 4.78 is 0. The van der Waals surface area contributed by atoms with Gasteiger partial charge in [0.15, 0.2) is 0 Å². The Kier molecular flexibility index (Phi) is 24.6. The van der Waals surface area contributed by atoms with Gasteiger partial charge in [-0.05, 0) is 0 Å². The number of hydrogen-bond acceptors (Lipinski definition) is 0. The molecule has 0 unspecified atom stereocenters. The molecule has 0 nitrogen and oxygen atoms in total. The zero-order valence-electron chi connectivity index (χ0n) is 15.3. The Morgan fingerprint density at radius 1 is 0.389 bits per heavy atom. The second kappa shape index (κ2) is 20.6. The van der Waals surface area contributed by atoms with Crippen LogP contribution in [0, 0.1) is 0 Å². The molecule has 0 atom stereocenters. The van der Waals surface area contributed by atoms with Crippen LogP contribution in [0.4, 0.5) is 0 Å². The molecule has 0 aliphatic heterocycles. The summed E-state index contributed by atoms with van der Waals surface area (Å²) in [7, 11) is 0. The van der Waals surface area contributed by atoms with Crippen LogP contribution in [-0.4, -0.2) is 37.7 Å². The Morgan fingerprint density at radius 2 is 0.556 bits per heavy atom. The average molecular weight is 283 g/mol. The fourth-order valence-electron chi connectivity index (χ4n) is 2.44. The van der Waals surface area contributed by atoms with Gasteiger partial charge in [-0.15, -0.1) is 0 Å². The molecule has 0 saturated carbocycles. The molecular formula is C17H38Ca. The van der Waals surface area contributed by atoms with Crippen LogP contribution in [0.1, 0.15) is 113 Å². The largest absolute Gasteiger partial charge is 2.00 e. The molecule has 0 aromatic heterocycles. The van der Waals surface area contributed by atoms with E-state index in [0.717, 1.165) is 0 Å². The summed E-state index contributed by atoms with van der Waals surface area (Å²) >= 11 is 0. The van der Waals surface area contributed by atoms with E-state index in [1.807, 2.05) is 0 Å². The van der Waals surface area contributed by atoms with E-state index in [0.29, 0.717) is 0 Å². The predicted molar refractivity (Wildman–Crippen MR) is 88.6 cm³/mol. The summed E-state index contributed by atoms with van der Waals surface area (Å²) in [5, 5.41) is 0. The maximum absolute atomic E-state index is 2.29. The van der Waals surface area contributed by atoms with Crippen molar-refractivity contribution in [2.24, 2.45) is 0 Å². The van der Waals surface area contributed by atoms with Crippen LogP contribution in [0.2, 0.25) is 0 Å². The molecule has 0 fully saturated rings. The van der Waals surface area contributed by atoms with Crippen molar-refractivity contribution < 1.29 is 2.85 Å². The number of rotatable bonds is 14. The van der Waals surface area contributed by atoms with E-state index in [9.17, 15) is 0 Å². The van der Waals surface area contributed by atoms with Gasteiger partial charge in [-0.2, -0.15) is 0 Å². The third kappa shape index (κ3) is 19.6. The Bertz CT molecular complexity index is 118. The number of hydrogen-bond donors (Lipinski definition) is 0. The van der Waals surface area contributed by atoms with Crippen molar-refractivity contribution in [3.05, 3.63) is 0 Å². The van der Waals surface area contributed by atoms with Crippen molar-refractivity contribution in [2.75, 3.05) is 0 Å². The quantitative estimate of drug-likeness (QED) is 0.245. The normalized spacial score (nSPS) is 10.3. The minimum atomic E-state index is 0. The number of unbranched alkanes of at least 4 members (excludes halogenated alkanes) is 14. The smallest absolute Gasteiger partial charge is 1.00 e. The molecule has 18 heavy (non-hydrogen) atoms. The SMILES string of the molecule is CCCCCCCCCCCCCCCCC.[Ca+2].[H-].[H-]. The zero-order chi connectivity index (χ0) is 12.6. The van der Waals surface area contributed by atoms with Crippen molar-refractivity contribution in [2.45, 2.75) is 110 Å². The first-order chi connectivity index (χ1) is 8.41. The Labute approximate surface area is 150 Å². The second-order valence-electron chi connectivity index (χ2n) is 5.60. The van der Waals surface area contributed by atoms with Crippen molar-refractivity contribution in [3.8, 4) is 0 Å². The Balaban J connectivity index is -0.000000427. The average Bonchev–Trinajstić information content (AvgIpc) is 2.35. The summed E-state index contributed by atoms with van der Waals surface area (Å²) in [6.07, 6.45) is 21.9. The van der Waals surface area contributed by atoms with Gasteiger partial charge in [0.25, 0.3) is 0 Å². The van der Waals surface area contributed by atoms with Crippen LogP contribution in [0.25, 0.3) is 0 Å². The molecular weight excluding hydrogens is 244 g/mol. The molecule has 0 amide bonds. The van der Waals surface area contributed by atoms with E-state index in [4.69, 9.17) is 0 Å². The summed E-state index contributed by atoms with van der Waals surface area (Å²) in [5.74, 6) is 0. The van der Waals surface area contributed by atoms with E-state index in [-0.39, 0.29) is 40.6 Å². The molecule has 0 aliphatic carbocycles. The van der Waals surface area contributed by atoms with Gasteiger partial charge in [0.05, 0.1) is 0 Å².